The minimum atomic E-state index is 0.567. The molecule has 102 valence electrons. The number of rotatable bonds is 4. The number of benzene rings is 2. The van der Waals surface area contributed by atoms with E-state index >= 15 is 0 Å². The standard InChI is InChI=1S/C15H14N2O2S/c1-2-18-10-3-5-11(6-4-10)19-12-7-8-13-15(14(12)16)17-9-20-13/h3-9H,2,16H2,1H3. The first-order chi connectivity index (χ1) is 9.78. The maximum Gasteiger partial charge on any atom is 0.152 e. The first kappa shape index (κ1) is 12.7. The van der Waals surface area contributed by atoms with E-state index in [-0.39, 0.29) is 0 Å². The Morgan fingerprint density at radius 1 is 1.10 bits per heavy atom. The minimum absolute atomic E-state index is 0.567. The van der Waals surface area contributed by atoms with Gasteiger partial charge in [0.15, 0.2) is 5.75 Å². The molecule has 0 fully saturated rings. The molecule has 0 bridgehead atoms. The predicted octanol–water partition coefficient (Wildman–Crippen LogP) is 4.07. The van der Waals surface area contributed by atoms with Crippen molar-refractivity contribution in [2.24, 2.45) is 0 Å². The van der Waals surface area contributed by atoms with E-state index in [0.29, 0.717) is 18.0 Å². The van der Waals surface area contributed by atoms with Crippen molar-refractivity contribution in [3.8, 4) is 17.2 Å². The number of hydrogen-bond acceptors (Lipinski definition) is 5. The van der Waals surface area contributed by atoms with E-state index < -0.39 is 0 Å². The molecule has 0 saturated heterocycles. The number of hydrogen-bond donors (Lipinski definition) is 1. The monoisotopic (exact) mass is 286 g/mol. The molecule has 2 aromatic carbocycles. The average molecular weight is 286 g/mol. The molecule has 0 radical (unpaired) electrons. The number of nitrogen functional groups attached to an aromatic ring is 1. The third-order valence-electron chi connectivity index (χ3n) is 2.86. The van der Waals surface area contributed by atoms with E-state index in [2.05, 4.69) is 4.98 Å². The van der Waals surface area contributed by atoms with Crippen molar-refractivity contribution in [3.05, 3.63) is 41.9 Å². The number of nitrogens with zero attached hydrogens (tertiary/aromatic N) is 1. The minimum Gasteiger partial charge on any atom is -0.494 e. The summed E-state index contributed by atoms with van der Waals surface area (Å²) in [5.74, 6) is 2.16. The van der Waals surface area contributed by atoms with Gasteiger partial charge in [0.25, 0.3) is 0 Å². The second-order valence-electron chi connectivity index (χ2n) is 4.18. The zero-order valence-electron chi connectivity index (χ0n) is 11.0. The molecule has 5 heteroatoms. The molecule has 0 saturated carbocycles. The Hall–Kier alpha value is -2.27. The molecule has 3 rings (SSSR count). The topological polar surface area (TPSA) is 57.4 Å². The van der Waals surface area contributed by atoms with Crippen LogP contribution in [0.3, 0.4) is 0 Å². The summed E-state index contributed by atoms with van der Waals surface area (Å²) in [6.45, 7) is 2.60. The van der Waals surface area contributed by atoms with Gasteiger partial charge < -0.3 is 15.2 Å². The van der Waals surface area contributed by atoms with E-state index in [4.69, 9.17) is 15.2 Å². The van der Waals surface area contributed by atoms with Crippen LogP contribution < -0.4 is 15.2 Å². The molecule has 2 N–H and O–H groups in total. The first-order valence-corrected chi connectivity index (χ1v) is 7.18. The number of anilines is 1. The largest absolute Gasteiger partial charge is 0.494 e. The summed E-state index contributed by atoms with van der Waals surface area (Å²) in [5.41, 5.74) is 9.22. The third kappa shape index (κ3) is 2.40. The fourth-order valence-electron chi connectivity index (χ4n) is 1.92. The highest BCUT2D eigenvalue weighted by Crippen LogP contribution is 2.34. The molecule has 0 aliphatic rings. The van der Waals surface area contributed by atoms with Crippen LogP contribution in [0.1, 0.15) is 6.92 Å². The summed E-state index contributed by atoms with van der Waals surface area (Å²) in [6.07, 6.45) is 0. The van der Waals surface area contributed by atoms with Crippen LogP contribution in [0.2, 0.25) is 0 Å². The maximum atomic E-state index is 6.08. The van der Waals surface area contributed by atoms with Crippen LogP contribution in [0.25, 0.3) is 10.2 Å². The van der Waals surface area contributed by atoms with Gasteiger partial charge in [-0.1, -0.05) is 0 Å². The number of nitrogens with two attached hydrogens (primary N) is 1. The van der Waals surface area contributed by atoms with Gasteiger partial charge in [-0.25, -0.2) is 4.98 Å². The molecule has 0 aliphatic carbocycles. The van der Waals surface area contributed by atoms with E-state index in [1.165, 1.54) is 0 Å². The smallest absolute Gasteiger partial charge is 0.152 e. The Bertz CT molecular complexity index is 722. The van der Waals surface area contributed by atoms with Crippen molar-refractivity contribution in [2.45, 2.75) is 6.92 Å². The van der Waals surface area contributed by atoms with Crippen molar-refractivity contribution >= 4 is 27.2 Å². The van der Waals surface area contributed by atoms with E-state index in [1.807, 2.05) is 43.3 Å². The lowest BCUT2D eigenvalue weighted by Gasteiger charge is -2.09. The highest BCUT2D eigenvalue weighted by atomic mass is 32.1. The quantitative estimate of drug-likeness (QED) is 0.734. The van der Waals surface area contributed by atoms with Crippen LogP contribution in [-0.4, -0.2) is 11.6 Å². The fourth-order valence-corrected chi connectivity index (χ4v) is 2.61. The van der Waals surface area contributed by atoms with Crippen molar-refractivity contribution in [2.75, 3.05) is 12.3 Å². The van der Waals surface area contributed by atoms with Gasteiger partial charge in [-0.3, -0.25) is 0 Å². The molecule has 20 heavy (non-hydrogen) atoms. The highest BCUT2D eigenvalue weighted by molar-refractivity contribution is 7.16. The summed E-state index contributed by atoms with van der Waals surface area (Å²) >= 11 is 1.56. The predicted molar refractivity (Wildman–Crippen MR) is 81.7 cm³/mol. The summed E-state index contributed by atoms with van der Waals surface area (Å²) in [5, 5.41) is 0. The molecule has 4 nitrogen and oxygen atoms in total. The summed E-state index contributed by atoms with van der Waals surface area (Å²) in [6, 6.07) is 11.3. The van der Waals surface area contributed by atoms with Gasteiger partial charge in [0.1, 0.15) is 22.7 Å². The normalized spacial score (nSPS) is 10.7. The lowest BCUT2D eigenvalue weighted by Crippen LogP contribution is -1.94. The number of fused-ring (bicyclic) bond motifs is 1. The van der Waals surface area contributed by atoms with Gasteiger partial charge in [0, 0.05) is 0 Å². The Morgan fingerprint density at radius 3 is 2.60 bits per heavy atom. The number of thiazole rings is 1. The lowest BCUT2D eigenvalue weighted by molar-refractivity contribution is 0.339. The molecule has 0 unspecified atom stereocenters. The maximum absolute atomic E-state index is 6.08. The van der Waals surface area contributed by atoms with Gasteiger partial charge in [0.05, 0.1) is 16.8 Å². The van der Waals surface area contributed by atoms with Gasteiger partial charge in [0.2, 0.25) is 0 Å². The Morgan fingerprint density at radius 2 is 1.85 bits per heavy atom. The van der Waals surface area contributed by atoms with Crippen LogP contribution in [0, 0.1) is 0 Å². The van der Waals surface area contributed by atoms with Crippen molar-refractivity contribution in [1.82, 2.24) is 4.98 Å². The summed E-state index contributed by atoms with van der Waals surface area (Å²) < 4.78 is 12.3. The van der Waals surface area contributed by atoms with Crippen LogP contribution in [-0.2, 0) is 0 Å². The van der Waals surface area contributed by atoms with Gasteiger partial charge in [-0.2, -0.15) is 0 Å². The first-order valence-electron chi connectivity index (χ1n) is 6.30. The molecule has 0 spiro atoms. The average Bonchev–Trinajstić information content (AvgIpc) is 2.94. The van der Waals surface area contributed by atoms with Crippen molar-refractivity contribution in [1.29, 1.82) is 0 Å². The molecule has 0 amide bonds. The SMILES string of the molecule is CCOc1ccc(Oc2ccc3scnc3c2N)cc1. The van der Waals surface area contributed by atoms with Crippen LogP contribution in [0.5, 0.6) is 17.2 Å². The molecule has 3 aromatic rings. The lowest BCUT2D eigenvalue weighted by atomic mass is 10.2. The summed E-state index contributed by atoms with van der Waals surface area (Å²) in [7, 11) is 0. The Labute approximate surface area is 120 Å². The van der Waals surface area contributed by atoms with Gasteiger partial charge in [-0.15, -0.1) is 11.3 Å². The van der Waals surface area contributed by atoms with Crippen molar-refractivity contribution < 1.29 is 9.47 Å². The van der Waals surface area contributed by atoms with Crippen LogP contribution >= 0.6 is 11.3 Å². The van der Waals surface area contributed by atoms with E-state index in [0.717, 1.165) is 21.7 Å². The molecule has 0 aliphatic heterocycles. The van der Waals surface area contributed by atoms with Crippen LogP contribution in [0.15, 0.2) is 41.9 Å². The highest BCUT2D eigenvalue weighted by Gasteiger charge is 2.08. The third-order valence-corrected chi connectivity index (χ3v) is 3.66. The van der Waals surface area contributed by atoms with Gasteiger partial charge >= 0.3 is 0 Å². The van der Waals surface area contributed by atoms with Crippen molar-refractivity contribution in [3.63, 3.8) is 0 Å². The second-order valence-corrected chi connectivity index (χ2v) is 5.07. The van der Waals surface area contributed by atoms with E-state index in [1.54, 1.807) is 16.8 Å². The number of aromatic nitrogens is 1. The zero-order valence-corrected chi connectivity index (χ0v) is 11.8. The Balaban J connectivity index is 1.86. The molecule has 0 atom stereocenters. The summed E-state index contributed by atoms with van der Waals surface area (Å²) in [4.78, 5) is 4.25. The van der Waals surface area contributed by atoms with E-state index in [9.17, 15) is 0 Å². The number of ether oxygens (including phenoxy) is 2. The molecule has 1 heterocycles. The molecular formula is C15H14N2O2S. The zero-order chi connectivity index (χ0) is 13.9. The second kappa shape index (κ2) is 5.38. The molecule has 1 aromatic heterocycles. The fraction of sp³-hybridized carbons (Fsp3) is 0.133. The molecular weight excluding hydrogens is 272 g/mol. The van der Waals surface area contributed by atoms with Crippen LogP contribution in [0.4, 0.5) is 5.69 Å². The Kier molecular flexibility index (Phi) is 3.43. The van der Waals surface area contributed by atoms with Gasteiger partial charge in [-0.05, 0) is 43.3 Å².